The van der Waals surface area contributed by atoms with E-state index < -0.39 is 0 Å². The maximum Gasteiger partial charge on any atom is 0.233 e. The molecule has 1 fully saturated rings. The molecule has 0 N–H and O–H groups in total. The van der Waals surface area contributed by atoms with Gasteiger partial charge in [-0.1, -0.05) is 41.6 Å². The van der Waals surface area contributed by atoms with E-state index in [1.807, 2.05) is 48.2 Å². The second-order valence-electron chi connectivity index (χ2n) is 7.25. The molecular weight excluding hydrogens is 452 g/mol. The van der Waals surface area contributed by atoms with Crippen molar-refractivity contribution in [3.05, 3.63) is 51.4 Å². The SMILES string of the molecule is CCN(Cc1ccc(Cl)s1)C(=O)CSc1nc(CN2CCOCC2)nc2ccccc12. The summed E-state index contributed by atoms with van der Waals surface area (Å²) in [6.45, 7) is 7.18. The van der Waals surface area contributed by atoms with Gasteiger partial charge in [-0.3, -0.25) is 9.69 Å². The minimum atomic E-state index is 0.0921. The molecule has 0 spiro atoms. The fourth-order valence-corrected chi connectivity index (χ4v) is 5.50. The van der Waals surface area contributed by atoms with Crippen LogP contribution in [0.3, 0.4) is 0 Å². The second-order valence-corrected chi connectivity index (χ2v) is 10.0. The number of morpholine rings is 1. The fraction of sp³-hybridized carbons (Fsp3) is 0.409. The standard InChI is InChI=1S/C22H25ClN4O2S2/c1-2-27(13-16-7-8-19(23)31-16)21(28)15-30-22-17-5-3-4-6-18(17)24-20(25-22)14-26-9-11-29-12-10-26/h3-8H,2,9-15H2,1H3. The Bertz CT molecular complexity index is 1040. The van der Waals surface area contributed by atoms with Gasteiger partial charge in [0, 0.05) is 29.9 Å². The van der Waals surface area contributed by atoms with Crippen LogP contribution < -0.4 is 0 Å². The normalized spacial score (nSPS) is 14.8. The van der Waals surface area contributed by atoms with Crippen molar-refractivity contribution in [2.45, 2.75) is 25.0 Å². The summed E-state index contributed by atoms with van der Waals surface area (Å²) in [6, 6.07) is 11.8. The van der Waals surface area contributed by atoms with E-state index in [2.05, 4.69) is 4.90 Å². The minimum Gasteiger partial charge on any atom is -0.379 e. The van der Waals surface area contributed by atoms with Gasteiger partial charge in [-0.05, 0) is 25.1 Å². The summed E-state index contributed by atoms with van der Waals surface area (Å²) in [7, 11) is 0. The average molecular weight is 477 g/mol. The molecule has 1 aliphatic rings. The van der Waals surface area contributed by atoms with Crippen LogP contribution in [0.2, 0.25) is 4.34 Å². The van der Waals surface area contributed by atoms with Crippen LogP contribution in [0.25, 0.3) is 10.9 Å². The van der Waals surface area contributed by atoms with Gasteiger partial charge < -0.3 is 9.64 Å². The monoisotopic (exact) mass is 476 g/mol. The second kappa shape index (κ2) is 10.7. The van der Waals surface area contributed by atoms with Crippen molar-refractivity contribution in [2.24, 2.45) is 0 Å². The predicted octanol–water partition coefficient (Wildman–Crippen LogP) is 4.32. The van der Waals surface area contributed by atoms with Crippen LogP contribution in [0, 0.1) is 0 Å². The zero-order valence-corrected chi connectivity index (χ0v) is 19.8. The number of hydrogen-bond acceptors (Lipinski definition) is 7. The van der Waals surface area contributed by atoms with Crippen molar-refractivity contribution >= 4 is 51.5 Å². The van der Waals surface area contributed by atoms with Crippen molar-refractivity contribution < 1.29 is 9.53 Å². The lowest BCUT2D eigenvalue weighted by Crippen LogP contribution is -2.36. The highest BCUT2D eigenvalue weighted by molar-refractivity contribution is 8.00. The molecule has 2 aromatic heterocycles. The summed E-state index contributed by atoms with van der Waals surface area (Å²) < 4.78 is 6.18. The molecule has 31 heavy (non-hydrogen) atoms. The molecule has 1 amide bonds. The van der Waals surface area contributed by atoms with Crippen LogP contribution in [0.15, 0.2) is 41.4 Å². The summed E-state index contributed by atoms with van der Waals surface area (Å²) in [6.07, 6.45) is 0. The van der Waals surface area contributed by atoms with E-state index in [9.17, 15) is 4.79 Å². The van der Waals surface area contributed by atoms with Crippen LogP contribution in [-0.4, -0.2) is 64.3 Å². The molecule has 3 heterocycles. The van der Waals surface area contributed by atoms with Gasteiger partial charge in [-0.25, -0.2) is 9.97 Å². The third kappa shape index (κ3) is 5.96. The third-order valence-electron chi connectivity index (χ3n) is 5.13. The number of carbonyl (C=O) groups excluding carboxylic acids is 1. The van der Waals surface area contributed by atoms with Crippen molar-refractivity contribution in [1.29, 1.82) is 0 Å². The van der Waals surface area contributed by atoms with Crippen molar-refractivity contribution in [3.8, 4) is 0 Å². The molecule has 3 aromatic rings. The Balaban J connectivity index is 1.47. The molecule has 6 nitrogen and oxygen atoms in total. The number of amides is 1. The van der Waals surface area contributed by atoms with Crippen molar-refractivity contribution in [1.82, 2.24) is 19.8 Å². The van der Waals surface area contributed by atoms with E-state index in [1.54, 1.807) is 0 Å². The van der Waals surface area contributed by atoms with Crippen LogP contribution in [0.1, 0.15) is 17.6 Å². The zero-order chi connectivity index (χ0) is 21.6. The first-order valence-corrected chi connectivity index (χ1v) is 12.5. The first-order chi connectivity index (χ1) is 15.1. The molecule has 0 aliphatic carbocycles. The Morgan fingerprint density at radius 1 is 1.23 bits per heavy atom. The lowest BCUT2D eigenvalue weighted by atomic mass is 10.2. The fourth-order valence-electron chi connectivity index (χ4n) is 3.46. The van der Waals surface area contributed by atoms with Gasteiger partial charge in [-0.15, -0.1) is 11.3 Å². The summed E-state index contributed by atoms with van der Waals surface area (Å²) in [5.41, 5.74) is 0.913. The molecule has 9 heteroatoms. The number of thiophene rings is 1. The smallest absolute Gasteiger partial charge is 0.233 e. The molecule has 0 unspecified atom stereocenters. The first-order valence-electron chi connectivity index (χ1n) is 10.3. The lowest BCUT2D eigenvalue weighted by Gasteiger charge is -2.26. The van der Waals surface area contributed by atoms with Crippen LogP contribution >= 0.6 is 34.7 Å². The number of rotatable bonds is 8. The van der Waals surface area contributed by atoms with Crippen LogP contribution in [0.5, 0.6) is 0 Å². The molecule has 1 saturated heterocycles. The highest BCUT2D eigenvalue weighted by Crippen LogP contribution is 2.27. The number of carbonyl (C=O) groups is 1. The number of para-hydroxylation sites is 1. The van der Waals surface area contributed by atoms with Crippen LogP contribution in [-0.2, 0) is 22.6 Å². The van der Waals surface area contributed by atoms with E-state index in [-0.39, 0.29) is 5.91 Å². The molecule has 1 aromatic carbocycles. The molecule has 0 radical (unpaired) electrons. The molecule has 164 valence electrons. The average Bonchev–Trinajstić information content (AvgIpc) is 3.21. The van der Waals surface area contributed by atoms with E-state index >= 15 is 0 Å². The van der Waals surface area contributed by atoms with Gasteiger partial charge in [0.2, 0.25) is 5.91 Å². The highest BCUT2D eigenvalue weighted by Gasteiger charge is 2.17. The number of ether oxygens (including phenoxy) is 1. The Kier molecular flexibility index (Phi) is 7.79. The maximum atomic E-state index is 12.9. The van der Waals surface area contributed by atoms with Crippen LogP contribution in [0.4, 0.5) is 0 Å². The number of aromatic nitrogens is 2. The molecule has 0 saturated carbocycles. The third-order valence-corrected chi connectivity index (χ3v) is 7.32. The summed E-state index contributed by atoms with van der Waals surface area (Å²) in [5.74, 6) is 1.22. The number of benzene rings is 1. The lowest BCUT2D eigenvalue weighted by molar-refractivity contribution is -0.128. The summed E-state index contributed by atoms with van der Waals surface area (Å²) in [4.78, 5) is 27.7. The highest BCUT2D eigenvalue weighted by atomic mass is 35.5. The maximum absolute atomic E-state index is 12.9. The van der Waals surface area contributed by atoms with Gasteiger partial charge in [0.1, 0.15) is 10.9 Å². The topological polar surface area (TPSA) is 58.6 Å². The molecule has 0 atom stereocenters. The largest absolute Gasteiger partial charge is 0.379 e. The predicted molar refractivity (Wildman–Crippen MR) is 127 cm³/mol. The Labute approximate surface area is 195 Å². The number of fused-ring (bicyclic) bond motifs is 1. The molecule has 0 bridgehead atoms. The van der Waals surface area contributed by atoms with Gasteiger partial charge in [-0.2, -0.15) is 0 Å². The van der Waals surface area contributed by atoms with E-state index in [0.717, 1.165) is 57.3 Å². The Morgan fingerprint density at radius 3 is 2.77 bits per heavy atom. The Morgan fingerprint density at radius 2 is 2.03 bits per heavy atom. The minimum absolute atomic E-state index is 0.0921. The molecule has 4 rings (SSSR count). The number of hydrogen-bond donors (Lipinski definition) is 0. The first kappa shape index (κ1) is 22.5. The van der Waals surface area contributed by atoms with E-state index in [0.29, 0.717) is 25.4 Å². The quantitative estimate of drug-likeness (QED) is 0.356. The Hall–Kier alpha value is -1.71. The number of halogens is 1. The zero-order valence-electron chi connectivity index (χ0n) is 17.4. The van der Waals surface area contributed by atoms with Gasteiger partial charge >= 0.3 is 0 Å². The van der Waals surface area contributed by atoms with E-state index in [4.69, 9.17) is 26.3 Å². The van der Waals surface area contributed by atoms with Crippen molar-refractivity contribution in [3.63, 3.8) is 0 Å². The van der Waals surface area contributed by atoms with Gasteiger partial charge in [0.05, 0.1) is 41.9 Å². The summed E-state index contributed by atoms with van der Waals surface area (Å²) >= 11 is 9.03. The number of nitrogens with zero attached hydrogens (tertiary/aromatic N) is 4. The number of thioether (sulfide) groups is 1. The van der Waals surface area contributed by atoms with E-state index in [1.165, 1.54) is 23.1 Å². The van der Waals surface area contributed by atoms with Gasteiger partial charge in [0.15, 0.2) is 0 Å². The molecular formula is C22H25ClN4O2S2. The molecule has 1 aliphatic heterocycles. The van der Waals surface area contributed by atoms with Gasteiger partial charge in [0.25, 0.3) is 0 Å². The van der Waals surface area contributed by atoms with Crippen molar-refractivity contribution in [2.75, 3.05) is 38.6 Å². The summed E-state index contributed by atoms with van der Waals surface area (Å²) in [5, 5.41) is 1.84.